The van der Waals surface area contributed by atoms with E-state index in [2.05, 4.69) is 26.6 Å². The minimum Gasteiger partial charge on any atom is -0.445 e. The third kappa shape index (κ3) is 11.8. The van der Waals surface area contributed by atoms with Gasteiger partial charge in [0.25, 0.3) is 0 Å². The Hall–Kier alpha value is -4.84. The number of anilines is 1. The number of rotatable bonds is 13. The van der Waals surface area contributed by atoms with Crippen LogP contribution in [0.25, 0.3) is 10.8 Å². The Labute approximate surface area is 243 Å². The van der Waals surface area contributed by atoms with Gasteiger partial charge in [0, 0.05) is 12.2 Å². The van der Waals surface area contributed by atoms with Crippen molar-refractivity contribution in [3.05, 3.63) is 78.4 Å². The lowest BCUT2D eigenvalue weighted by Gasteiger charge is -2.19. The maximum absolute atomic E-state index is 13.0. The maximum atomic E-state index is 13.0. The van der Waals surface area contributed by atoms with Gasteiger partial charge in [-0.05, 0) is 41.3 Å². The van der Waals surface area contributed by atoms with Crippen molar-refractivity contribution in [2.75, 3.05) is 25.0 Å². The predicted molar refractivity (Wildman–Crippen MR) is 159 cm³/mol. The van der Waals surface area contributed by atoms with Crippen LogP contribution in [0.4, 0.5) is 10.5 Å². The molecule has 1 atom stereocenters. The van der Waals surface area contributed by atoms with E-state index in [0.29, 0.717) is 18.7 Å². The van der Waals surface area contributed by atoms with Crippen LogP contribution in [0.3, 0.4) is 0 Å². The van der Waals surface area contributed by atoms with Crippen molar-refractivity contribution in [2.45, 2.75) is 25.5 Å². The average Bonchev–Trinajstić information content (AvgIpc) is 2.95. The van der Waals surface area contributed by atoms with Crippen molar-refractivity contribution in [3.8, 4) is 0 Å². The first-order valence-corrected chi connectivity index (χ1v) is 12.7. The Bertz CT molecular complexity index is 1340. The summed E-state index contributed by atoms with van der Waals surface area (Å²) in [7, 11) is 0. The number of nitrogens with one attached hydrogen (secondary N) is 6. The molecule has 0 aliphatic carbocycles. The summed E-state index contributed by atoms with van der Waals surface area (Å²) in [5, 5.41) is 22.1. The summed E-state index contributed by atoms with van der Waals surface area (Å²) in [5.41, 5.74) is 6.67. The molecular weight excluding hydrogens is 550 g/mol. The second kappa shape index (κ2) is 17.0. The predicted octanol–water partition coefficient (Wildman–Crippen LogP) is 1.99. The third-order valence-electron chi connectivity index (χ3n) is 5.71. The summed E-state index contributed by atoms with van der Waals surface area (Å²) >= 11 is 0. The van der Waals surface area contributed by atoms with Crippen molar-refractivity contribution in [1.29, 1.82) is 5.41 Å². The van der Waals surface area contributed by atoms with Crippen LogP contribution in [-0.2, 0) is 25.7 Å². The van der Waals surface area contributed by atoms with Crippen molar-refractivity contribution < 1.29 is 23.9 Å². The highest BCUT2D eigenvalue weighted by Gasteiger charge is 2.21. The number of benzene rings is 3. The number of hydrogen-bond donors (Lipinski definition) is 7. The highest BCUT2D eigenvalue weighted by molar-refractivity contribution is 5.99. The first-order chi connectivity index (χ1) is 19.3. The van der Waals surface area contributed by atoms with E-state index >= 15 is 0 Å². The molecule has 0 bridgehead atoms. The molecule has 41 heavy (non-hydrogen) atoms. The third-order valence-corrected chi connectivity index (χ3v) is 5.71. The van der Waals surface area contributed by atoms with Crippen LogP contribution < -0.4 is 32.3 Å². The van der Waals surface area contributed by atoms with E-state index in [1.807, 2.05) is 54.6 Å². The van der Waals surface area contributed by atoms with Crippen LogP contribution in [0.15, 0.2) is 72.8 Å². The average molecular weight is 584 g/mol. The lowest BCUT2D eigenvalue weighted by molar-refractivity contribution is -0.128. The quantitative estimate of drug-likeness (QED) is 0.0909. The fourth-order valence-corrected chi connectivity index (χ4v) is 3.71. The van der Waals surface area contributed by atoms with Gasteiger partial charge in [-0.15, -0.1) is 12.4 Å². The number of carbonyl (C=O) groups is 4. The molecular formula is C28H34ClN7O5. The van der Waals surface area contributed by atoms with Gasteiger partial charge in [0.2, 0.25) is 17.7 Å². The number of fused-ring (bicyclic) bond motifs is 1. The Morgan fingerprint density at radius 2 is 1.51 bits per heavy atom. The number of halogens is 1. The van der Waals surface area contributed by atoms with Gasteiger partial charge in [-0.25, -0.2) is 4.79 Å². The van der Waals surface area contributed by atoms with Crippen LogP contribution >= 0.6 is 12.4 Å². The Morgan fingerprint density at radius 1 is 0.829 bits per heavy atom. The summed E-state index contributed by atoms with van der Waals surface area (Å²) in [6, 6.07) is 21.4. The summed E-state index contributed by atoms with van der Waals surface area (Å²) < 4.78 is 5.04. The summed E-state index contributed by atoms with van der Waals surface area (Å²) in [6.45, 7) is -0.385. The zero-order valence-corrected chi connectivity index (χ0v) is 23.1. The van der Waals surface area contributed by atoms with Crippen LogP contribution in [0, 0.1) is 5.41 Å². The molecule has 3 aromatic carbocycles. The molecule has 13 heteroatoms. The fraction of sp³-hybridized carbons (Fsp3) is 0.250. The molecule has 12 nitrogen and oxygen atoms in total. The van der Waals surface area contributed by atoms with Crippen molar-refractivity contribution in [2.24, 2.45) is 5.73 Å². The summed E-state index contributed by atoms with van der Waals surface area (Å²) in [5.74, 6) is -1.81. The molecule has 8 N–H and O–H groups in total. The van der Waals surface area contributed by atoms with E-state index < -0.39 is 36.4 Å². The van der Waals surface area contributed by atoms with Gasteiger partial charge in [0.15, 0.2) is 5.96 Å². The number of ether oxygens (including phenoxy) is 1. The number of alkyl carbamates (subject to hydrolysis) is 1. The summed E-state index contributed by atoms with van der Waals surface area (Å²) in [4.78, 5) is 49.5. The van der Waals surface area contributed by atoms with Crippen LogP contribution in [0.1, 0.15) is 18.4 Å². The molecule has 0 aliphatic heterocycles. The molecule has 0 aliphatic rings. The molecule has 0 saturated heterocycles. The second-order valence-electron chi connectivity index (χ2n) is 8.85. The topological polar surface area (TPSA) is 188 Å². The van der Waals surface area contributed by atoms with Crippen molar-refractivity contribution in [3.63, 3.8) is 0 Å². The van der Waals surface area contributed by atoms with Gasteiger partial charge >= 0.3 is 6.09 Å². The van der Waals surface area contributed by atoms with Gasteiger partial charge in [0.05, 0.1) is 6.54 Å². The van der Waals surface area contributed by atoms with Gasteiger partial charge in [-0.1, -0.05) is 60.7 Å². The van der Waals surface area contributed by atoms with Gasteiger partial charge in [-0.2, -0.15) is 0 Å². The number of nitrogens with two attached hydrogens (primary N) is 1. The molecule has 4 amide bonds. The van der Waals surface area contributed by atoms with Gasteiger partial charge in [0.1, 0.15) is 19.2 Å². The van der Waals surface area contributed by atoms with E-state index in [1.165, 1.54) is 0 Å². The molecule has 0 fully saturated rings. The molecule has 0 radical (unpaired) electrons. The van der Waals surface area contributed by atoms with Gasteiger partial charge < -0.3 is 37.1 Å². The van der Waals surface area contributed by atoms with Crippen LogP contribution in [0.5, 0.6) is 0 Å². The minimum absolute atomic E-state index is 0. The SMILES string of the molecule is Cl.N=C(N)NCCC[C@H](NC(=O)CNC(=O)CNC(=O)OCc1ccccc1)C(=O)Nc1ccc2ccccc2c1. The van der Waals surface area contributed by atoms with Gasteiger partial charge in [-0.3, -0.25) is 19.8 Å². The van der Waals surface area contributed by atoms with E-state index in [1.54, 1.807) is 18.2 Å². The second-order valence-corrected chi connectivity index (χ2v) is 8.85. The standard InChI is InChI=1S/C28H33N7O5.ClH/c29-27(30)31-14-6-11-23(26(38)34-22-13-12-20-9-4-5-10-21(20)15-22)35-25(37)17-32-24(36)16-33-28(39)40-18-19-7-2-1-3-8-19;/h1-5,7-10,12-13,15,23H,6,11,14,16-18H2,(H,32,36)(H,33,39)(H,34,38)(H,35,37)(H4,29,30,31);1H/t23-;/m0./s1. The minimum atomic E-state index is -0.907. The molecule has 0 heterocycles. The van der Waals surface area contributed by atoms with Crippen LogP contribution in [-0.4, -0.2) is 55.5 Å². The molecule has 0 unspecified atom stereocenters. The van der Waals surface area contributed by atoms with Crippen LogP contribution in [0.2, 0.25) is 0 Å². The Morgan fingerprint density at radius 3 is 2.24 bits per heavy atom. The monoisotopic (exact) mass is 583 g/mol. The number of guanidine groups is 1. The molecule has 3 aromatic rings. The lowest BCUT2D eigenvalue weighted by atomic mass is 10.1. The highest BCUT2D eigenvalue weighted by Crippen LogP contribution is 2.19. The first kappa shape index (κ1) is 32.4. The highest BCUT2D eigenvalue weighted by atomic mass is 35.5. The zero-order valence-electron chi connectivity index (χ0n) is 22.3. The smallest absolute Gasteiger partial charge is 0.407 e. The normalized spacial score (nSPS) is 10.8. The number of amides is 4. The Balaban J connectivity index is 0.00000588. The lowest BCUT2D eigenvalue weighted by Crippen LogP contribution is -2.48. The zero-order chi connectivity index (χ0) is 28.7. The molecule has 0 spiro atoms. The summed E-state index contributed by atoms with van der Waals surface area (Å²) in [6.07, 6.45) is -0.0707. The van der Waals surface area contributed by atoms with E-state index in [0.717, 1.165) is 16.3 Å². The van der Waals surface area contributed by atoms with E-state index in [4.69, 9.17) is 15.9 Å². The number of hydrogen-bond acceptors (Lipinski definition) is 6. The van der Waals surface area contributed by atoms with Crippen molar-refractivity contribution >= 4 is 58.6 Å². The molecule has 0 aromatic heterocycles. The maximum Gasteiger partial charge on any atom is 0.407 e. The van der Waals surface area contributed by atoms with E-state index in [-0.39, 0.29) is 37.9 Å². The first-order valence-electron chi connectivity index (χ1n) is 12.7. The van der Waals surface area contributed by atoms with Crippen molar-refractivity contribution in [1.82, 2.24) is 21.3 Å². The molecule has 218 valence electrons. The molecule has 3 rings (SSSR count). The largest absolute Gasteiger partial charge is 0.445 e. The van der Waals surface area contributed by atoms with E-state index in [9.17, 15) is 19.2 Å². The molecule has 0 saturated carbocycles. The fourth-order valence-electron chi connectivity index (χ4n) is 3.71. The number of carbonyl (C=O) groups excluding carboxylic acids is 4. The Kier molecular flexibility index (Phi) is 13.4.